The molecule has 3 rings (SSSR count). The monoisotopic (exact) mass is 256 g/mol. The molecular weight excluding hydrogens is 240 g/mol. The average Bonchev–Trinajstić information content (AvgIpc) is 2.78. The molecule has 1 atom stereocenters. The zero-order valence-electron chi connectivity index (χ0n) is 10.8. The zero-order valence-corrected chi connectivity index (χ0v) is 10.8. The van der Waals surface area contributed by atoms with Crippen molar-refractivity contribution in [3.63, 3.8) is 0 Å². The Bertz CT molecular complexity index is 598. The number of nitrogens with zero attached hydrogens (tertiary/aromatic N) is 1. The molecule has 2 N–H and O–H groups in total. The third-order valence-corrected chi connectivity index (χ3v) is 3.14. The molecule has 1 aromatic heterocycles. The highest BCUT2D eigenvalue weighted by molar-refractivity contribution is 5.44. The number of aromatic nitrogens is 1. The summed E-state index contributed by atoms with van der Waals surface area (Å²) < 4.78 is 11.2. The van der Waals surface area contributed by atoms with Gasteiger partial charge in [0.25, 0.3) is 0 Å². The van der Waals surface area contributed by atoms with Gasteiger partial charge in [0.2, 0.25) is 0 Å². The molecule has 0 spiro atoms. The Kier molecular flexibility index (Phi) is 3.09. The molecule has 0 aliphatic carbocycles. The summed E-state index contributed by atoms with van der Waals surface area (Å²) in [6.45, 7) is 2.96. The lowest BCUT2D eigenvalue weighted by atomic mass is 10.1. The van der Waals surface area contributed by atoms with Gasteiger partial charge in [-0.3, -0.25) is 4.98 Å². The number of hydrogen-bond donors (Lipinski definition) is 1. The van der Waals surface area contributed by atoms with Gasteiger partial charge in [-0.25, -0.2) is 0 Å². The fourth-order valence-electron chi connectivity index (χ4n) is 2.14. The van der Waals surface area contributed by atoms with Gasteiger partial charge in [0.15, 0.2) is 0 Å². The SMILES string of the molecule is Cc1cccc(COc2ccc3c(c2)OCC3N)n1. The summed E-state index contributed by atoms with van der Waals surface area (Å²) in [7, 11) is 0. The van der Waals surface area contributed by atoms with Crippen LogP contribution in [0.2, 0.25) is 0 Å². The molecule has 0 saturated carbocycles. The van der Waals surface area contributed by atoms with E-state index in [0.29, 0.717) is 13.2 Å². The first kappa shape index (κ1) is 12.0. The van der Waals surface area contributed by atoms with E-state index < -0.39 is 0 Å². The van der Waals surface area contributed by atoms with E-state index in [2.05, 4.69) is 4.98 Å². The number of ether oxygens (including phenoxy) is 2. The molecule has 0 bridgehead atoms. The predicted molar refractivity (Wildman–Crippen MR) is 72.2 cm³/mol. The second-order valence-corrected chi connectivity index (χ2v) is 4.68. The quantitative estimate of drug-likeness (QED) is 0.916. The number of nitrogens with two attached hydrogens (primary N) is 1. The maximum atomic E-state index is 5.90. The number of benzene rings is 1. The normalized spacial score (nSPS) is 16.8. The summed E-state index contributed by atoms with van der Waals surface area (Å²) in [4.78, 5) is 4.40. The highest BCUT2D eigenvalue weighted by Crippen LogP contribution is 2.34. The fourth-order valence-corrected chi connectivity index (χ4v) is 2.14. The molecular formula is C15H16N2O2. The molecule has 2 heterocycles. The van der Waals surface area contributed by atoms with Crippen molar-refractivity contribution in [3.05, 3.63) is 53.3 Å². The molecule has 1 unspecified atom stereocenters. The van der Waals surface area contributed by atoms with Crippen LogP contribution in [0.15, 0.2) is 36.4 Å². The molecule has 4 nitrogen and oxygen atoms in total. The number of rotatable bonds is 3. The third kappa shape index (κ3) is 2.53. The Labute approximate surface area is 112 Å². The van der Waals surface area contributed by atoms with Crippen molar-refractivity contribution in [1.82, 2.24) is 4.98 Å². The van der Waals surface area contributed by atoms with Crippen LogP contribution in [0.5, 0.6) is 11.5 Å². The summed E-state index contributed by atoms with van der Waals surface area (Å²) in [5, 5.41) is 0. The van der Waals surface area contributed by atoms with Gasteiger partial charge in [0, 0.05) is 17.3 Å². The largest absolute Gasteiger partial charge is 0.491 e. The van der Waals surface area contributed by atoms with Gasteiger partial charge in [0.1, 0.15) is 24.7 Å². The number of pyridine rings is 1. The molecule has 1 aromatic carbocycles. The van der Waals surface area contributed by atoms with Crippen molar-refractivity contribution >= 4 is 0 Å². The van der Waals surface area contributed by atoms with E-state index in [1.165, 1.54) is 0 Å². The van der Waals surface area contributed by atoms with Crippen molar-refractivity contribution in [2.24, 2.45) is 5.73 Å². The second kappa shape index (κ2) is 4.90. The van der Waals surface area contributed by atoms with Gasteiger partial charge in [-0.2, -0.15) is 0 Å². The molecule has 1 aliphatic rings. The number of aryl methyl sites for hydroxylation is 1. The summed E-state index contributed by atoms with van der Waals surface area (Å²) in [6, 6.07) is 11.6. The second-order valence-electron chi connectivity index (χ2n) is 4.68. The summed E-state index contributed by atoms with van der Waals surface area (Å²) in [6.07, 6.45) is 0. The summed E-state index contributed by atoms with van der Waals surface area (Å²) in [5.41, 5.74) is 8.85. The van der Waals surface area contributed by atoms with Gasteiger partial charge < -0.3 is 15.2 Å². The topological polar surface area (TPSA) is 57.4 Å². The van der Waals surface area contributed by atoms with E-state index in [9.17, 15) is 0 Å². The van der Waals surface area contributed by atoms with Crippen molar-refractivity contribution < 1.29 is 9.47 Å². The molecule has 0 radical (unpaired) electrons. The lowest BCUT2D eigenvalue weighted by Gasteiger charge is -2.08. The maximum absolute atomic E-state index is 5.90. The maximum Gasteiger partial charge on any atom is 0.130 e. The van der Waals surface area contributed by atoms with E-state index in [1.54, 1.807) is 0 Å². The zero-order chi connectivity index (χ0) is 13.2. The van der Waals surface area contributed by atoms with E-state index in [-0.39, 0.29) is 6.04 Å². The summed E-state index contributed by atoms with van der Waals surface area (Å²) in [5.74, 6) is 1.60. The smallest absolute Gasteiger partial charge is 0.130 e. The van der Waals surface area contributed by atoms with Crippen LogP contribution in [0.25, 0.3) is 0 Å². The van der Waals surface area contributed by atoms with Crippen LogP contribution in [-0.2, 0) is 6.61 Å². The lowest BCUT2D eigenvalue weighted by Crippen LogP contribution is -2.10. The van der Waals surface area contributed by atoms with Gasteiger partial charge in [-0.1, -0.05) is 6.07 Å². The minimum atomic E-state index is -0.0255. The highest BCUT2D eigenvalue weighted by atomic mass is 16.5. The van der Waals surface area contributed by atoms with Crippen LogP contribution < -0.4 is 15.2 Å². The number of hydrogen-bond acceptors (Lipinski definition) is 4. The molecule has 98 valence electrons. The van der Waals surface area contributed by atoms with Crippen LogP contribution in [0, 0.1) is 6.92 Å². The molecule has 2 aromatic rings. The average molecular weight is 256 g/mol. The van der Waals surface area contributed by atoms with E-state index in [0.717, 1.165) is 28.5 Å². The Morgan fingerprint density at radius 1 is 1.37 bits per heavy atom. The Morgan fingerprint density at radius 2 is 2.26 bits per heavy atom. The summed E-state index contributed by atoms with van der Waals surface area (Å²) >= 11 is 0. The van der Waals surface area contributed by atoms with Gasteiger partial charge in [0.05, 0.1) is 11.7 Å². The number of fused-ring (bicyclic) bond motifs is 1. The first-order valence-corrected chi connectivity index (χ1v) is 6.30. The minimum absolute atomic E-state index is 0.0255. The Morgan fingerprint density at radius 3 is 3.11 bits per heavy atom. The first-order valence-electron chi connectivity index (χ1n) is 6.30. The van der Waals surface area contributed by atoms with Gasteiger partial charge in [-0.15, -0.1) is 0 Å². The molecule has 0 fully saturated rings. The first-order chi connectivity index (χ1) is 9.22. The molecule has 1 aliphatic heterocycles. The van der Waals surface area contributed by atoms with E-state index in [1.807, 2.05) is 43.3 Å². The van der Waals surface area contributed by atoms with Crippen molar-refractivity contribution in [3.8, 4) is 11.5 Å². The van der Waals surface area contributed by atoms with Gasteiger partial charge >= 0.3 is 0 Å². The Hall–Kier alpha value is -2.07. The van der Waals surface area contributed by atoms with E-state index >= 15 is 0 Å². The predicted octanol–water partition coefficient (Wildman–Crippen LogP) is 2.36. The van der Waals surface area contributed by atoms with Crippen LogP contribution in [-0.4, -0.2) is 11.6 Å². The van der Waals surface area contributed by atoms with Crippen LogP contribution in [0.1, 0.15) is 23.0 Å². The molecule has 0 amide bonds. The van der Waals surface area contributed by atoms with Crippen LogP contribution >= 0.6 is 0 Å². The third-order valence-electron chi connectivity index (χ3n) is 3.14. The van der Waals surface area contributed by atoms with Crippen LogP contribution in [0.3, 0.4) is 0 Å². The van der Waals surface area contributed by atoms with E-state index in [4.69, 9.17) is 15.2 Å². The lowest BCUT2D eigenvalue weighted by molar-refractivity contribution is 0.296. The van der Waals surface area contributed by atoms with Crippen molar-refractivity contribution in [2.45, 2.75) is 19.6 Å². The van der Waals surface area contributed by atoms with Crippen LogP contribution in [0.4, 0.5) is 0 Å². The standard InChI is InChI=1S/C15H16N2O2/c1-10-3-2-4-11(17-10)8-18-12-5-6-13-14(16)9-19-15(13)7-12/h2-7,14H,8-9,16H2,1H3. The molecule has 0 saturated heterocycles. The molecule has 4 heteroatoms. The van der Waals surface area contributed by atoms with Crippen molar-refractivity contribution in [1.29, 1.82) is 0 Å². The fraction of sp³-hybridized carbons (Fsp3) is 0.267. The highest BCUT2D eigenvalue weighted by Gasteiger charge is 2.20. The molecule has 19 heavy (non-hydrogen) atoms. The minimum Gasteiger partial charge on any atom is -0.491 e. The van der Waals surface area contributed by atoms with Gasteiger partial charge in [-0.05, 0) is 31.2 Å². The Balaban J connectivity index is 1.71. The van der Waals surface area contributed by atoms with Crippen molar-refractivity contribution in [2.75, 3.05) is 6.61 Å².